The number of pyridine rings is 2. The van der Waals surface area contributed by atoms with Gasteiger partial charge in [-0.25, -0.2) is 4.68 Å². The van der Waals surface area contributed by atoms with Gasteiger partial charge in [0, 0.05) is 11.9 Å². The second-order valence-corrected chi connectivity index (χ2v) is 9.64. The number of aromatic nitrogens is 4. The summed E-state index contributed by atoms with van der Waals surface area (Å²) < 4.78 is 1.96. The highest BCUT2D eigenvalue weighted by Crippen LogP contribution is 2.31. The Kier molecular flexibility index (Phi) is 5.26. The summed E-state index contributed by atoms with van der Waals surface area (Å²) in [5.41, 5.74) is 6.83. The Morgan fingerprint density at radius 1 is 0.710 bits per heavy atom. The normalized spacial score (nSPS) is 12.2. The Morgan fingerprint density at radius 2 is 1.39 bits per heavy atom. The summed E-state index contributed by atoms with van der Waals surface area (Å²) in [4.78, 5) is 9.58. The molecule has 0 N–H and O–H groups in total. The van der Waals surface area contributed by atoms with Crippen molar-refractivity contribution in [3.05, 3.63) is 95.6 Å². The summed E-state index contributed by atoms with van der Waals surface area (Å²) in [5.74, 6) is 0. The van der Waals surface area contributed by atoms with E-state index in [1.54, 1.807) is 0 Å². The second kappa shape index (κ2) is 7.77. The van der Waals surface area contributed by atoms with Crippen molar-refractivity contribution < 1.29 is 0 Å². The van der Waals surface area contributed by atoms with E-state index >= 15 is 0 Å². The molecule has 31 heavy (non-hydrogen) atoms. The van der Waals surface area contributed by atoms with Crippen molar-refractivity contribution in [1.29, 1.82) is 0 Å². The Balaban J connectivity index is 1.68. The van der Waals surface area contributed by atoms with Gasteiger partial charge in [0.15, 0.2) is 0 Å². The van der Waals surface area contributed by atoms with Crippen LogP contribution in [-0.2, 0) is 10.8 Å². The van der Waals surface area contributed by atoms with Crippen LogP contribution in [0.15, 0.2) is 72.9 Å². The Bertz CT molecular complexity index is 1210. The van der Waals surface area contributed by atoms with Crippen molar-refractivity contribution >= 4 is 0 Å². The van der Waals surface area contributed by atoms with Gasteiger partial charge in [0.25, 0.3) is 0 Å². The molecule has 0 bridgehead atoms. The molecule has 0 saturated heterocycles. The fourth-order valence-electron chi connectivity index (χ4n) is 3.66. The largest absolute Gasteiger partial charge is 0.251 e. The van der Waals surface area contributed by atoms with Crippen LogP contribution in [0.1, 0.15) is 57.3 Å². The number of rotatable bonds is 4. The molecular formula is C27H30N4. The van der Waals surface area contributed by atoms with E-state index in [1.165, 1.54) is 5.56 Å². The third kappa shape index (κ3) is 4.29. The minimum absolute atomic E-state index is 0.0967. The number of aryl methyl sites for hydroxylation is 1. The maximum atomic E-state index is 4.95. The van der Waals surface area contributed by atoms with E-state index in [0.717, 1.165) is 34.2 Å². The molecule has 0 aliphatic carbocycles. The summed E-state index contributed by atoms with van der Waals surface area (Å²) in [7, 11) is 0. The molecule has 0 spiro atoms. The maximum absolute atomic E-state index is 4.95. The van der Waals surface area contributed by atoms with Crippen molar-refractivity contribution in [1.82, 2.24) is 19.7 Å². The lowest BCUT2D eigenvalue weighted by atomic mass is 9.85. The van der Waals surface area contributed by atoms with Gasteiger partial charge in [-0.2, -0.15) is 5.10 Å². The molecule has 0 fully saturated rings. The number of benzene rings is 1. The van der Waals surface area contributed by atoms with Crippen molar-refractivity contribution in [3.8, 4) is 17.1 Å². The zero-order chi connectivity index (χ0) is 22.2. The molecule has 3 aromatic heterocycles. The second-order valence-electron chi connectivity index (χ2n) is 9.64. The molecule has 158 valence electrons. The van der Waals surface area contributed by atoms with E-state index in [1.807, 2.05) is 48.1 Å². The van der Waals surface area contributed by atoms with E-state index in [4.69, 9.17) is 10.1 Å². The molecule has 0 radical (unpaired) electrons. The minimum Gasteiger partial charge on any atom is -0.251 e. The fourth-order valence-corrected chi connectivity index (χ4v) is 3.66. The van der Waals surface area contributed by atoms with Gasteiger partial charge >= 0.3 is 0 Å². The van der Waals surface area contributed by atoms with Gasteiger partial charge in [0.05, 0.1) is 33.9 Å². The van der Waals surface area contributed by atoms with Crippen molar-refractivity contribution in [2.75, 3.05) is 0 Å². The summed E-state index contributed by atoms with van der Waals surface area (Å²) in [5, 5.41) is 4.93. The first kappa shape index (κ1) is 21.0. The van der Waals surface area contributed by atoms with Crippen LogP contribution in [0.25, 0.3) is 17.1 Å². The number of hydrogen-bond donors (Lipinski definition) is 0. The van der Waals surface area contributed by atoms with Crippen molar-refractivity contribution in [2.45, 2.75) is 52.4 Å². The summed E-state index contributed by atoms with van der Waals surface area (Å²) in [6.07, 6.45) is 2.03. The van der Waals surface area contributed by atoms with Gasteiger partial charge in [-0.3, -0.25) is 9.97 Å². The van der Waals surface area contributed by atoms with Crippen LogP contribution in [0.5, 0.6) is 0 Å². The lowest BCUT2D eigenvalue weighted by molar-refractivity contribution is 0.582. The minimum atomic E-state index is -0.341. The van der Waals surface area contributed by atoms with Crippen LogP contribution >= 0.6 is 0 Å². The lowest BCUT2D eigenvalue weighted by Crippen LogP contribution is -2.22. The van der Waals surface area contributed by atoms with E-state index < -0.39 is 0 Å². The van der Waals surface area contributed by atoms with Gasteiger partial charge in [-0.15, -0.1) is 0 Å². The Labute approximate surface area is 185 Å². The van der Waals surface area contributed by atoms with E-state index in [2.05, 4.69) is 76.0 Å². The van der Waals surface area contributed by atoms with Crippen LogP contribution in [0.4, 0.5) is 0 Å². The van der Waals surface area contributed by atoms with Crippen LogP contribution in [-0.4, -0.2) is 19.7 Å². The molecule has 4 rings (SSSR count). The number of hydrogen-bond acceptors (Lipinski definition) is 3. The number of nitrogens with zero attached hydrogens (tertiary/aromatic N) is 4. The topological polar surface area (TPSA) is 43.6 Å². The SMILES string of the molecule is Cc1cccc(-c2cccc(C(C)(C)c3ccn(-c4cccc(C(C)(C)C)c4)n3)n2)n1. The monoisotopic (exact) mass is 410 g/mol. The van der Waals surface area contributed by atoms with Gasteiger partial charge in [0.2, 0.25) is 0 Å². The lowest BCUT2D eigenvalue weighted by Gasteiger charge is -2.22. The molecule has 0 saturated carbocycles. The molecule has 0 amide bonds. The average molecular weight is 411 g/mol. The quantitative estimate of drug-likeness (QED) is 0.399. The van der Waals surface area contributed by atoms with Gasteiger partial charge in [-0.05, 0) is 74.2 Å². The molecular weight excluding hydrogens is 380 g/mol. The molecule has 3 heterocycles. The smallest absolute Gasteiger partial charge is 0.0889 e. The third-order valence-corrected chi connectivity index (χ3v) is 5.75. The summed E-state index contributed by atoms with van der Waals surface area (Å²) >= 11 is 0. The summed E-state index contributed by atoms with van der Waals surface area (Å²) in [6.45, 7) is 13.0. The molecule has 4 heteroatoms. The molecule has 0 atom stereocenters. The van der Waals surface area contributed by atoms with E-state index in [0.29, 0.717) is 0 Å². The highest BCUT2D eigenvalue weighted by atomic mass is 15.3. The molecule has 1 aromatic carbocycles. The first-order chi connectivity index (χ1) is 14.6. The van der Waals surface area contributed by atoms with Gasteiger partial charge in [-0.1, -0.05) is 45.0 Å². The highest BCUT2D eigenvalue weighted by Gasteiger charge is 2.28. The van der Waals surface area contributed by atoms with Crippen LogP contribution < -0.4 is 0 Å². The highest BCUT2D eigenvalue weighted by molar-refractivity contribution is 5.55. The molecule has 4 aromatic rings. The Morgan fingerprint density at radius 3 is 2.10 bits per heavy atom. The third-order valence-electron chi connectivity index (χ3n) is 5.75. The predicted octanol–water partition coefficient (Wildman–Crippen LogP) is 6.26. The fraction of sp³-hybridized carbons (Fsp3) is 0.296. The van der Waals surface area contributed by atoms with Crippen molar-refractivity contribution in [3.63, 3.8) is 0 Å². The zero-order valence-corrected chi connectivity index (χ0v) is 19.2. The van der Waals surface area contributed by atoms with Crippen LogP contribution in [0.2, 0.25) is 0 Å². The van der Waals surface area contributed by atoms with E-state index in [-0.39, 0.29) is 10.8 Å². The van der Waals surface area contributed by atoms with Gasteiger partial charge in [0.1, 0.15) is 0 Å². The Hall–Kier alpha value is -3.27. The maximum Gasteiger partial charge on any atom is 0.0889 e. The standard InChI is InChI=1S/C27H30N4/c1-19-10-7-13-22(28-19)23-14-9-15-24(29-23)27(5,6)25-16-17-31(30-25)21-12-8-11-20(18-21)26(2,3)4/h7-18H,1-6H3. The first-order valence-corrected chi connectivity index (χ1v) is 10.7. The van der Waals surface area contributed by atoms with Gasteiger partial charge < -0.3 is 0 Å². The molecule has 0 aliphatic rings. The summed E-state index contributed by atoms with van der Waals surface area (Å²) in [6, 6.07) is 22.8. The average Bonchev–Trinajstić information content (AvgIpc) is 3.25. The molecule has 0 aliphatic heterocycles. The van der Waals surface area contributed by atoms with Crippen LogP contribution in [0.3, 0.4) is 0 Å². The van der Waals surface area contributed by atoms with E-state index in [9.17, 15) is 0 Å². The van der Waals surface area contributed by atoms with Crippen LogP contribution in [0, 0.1) is 6.92 Å². The zero-order valence-electron chi connectivity index (χ0n) is 19.2. The van der Waals surface area contributed by atoms with Crippen molar-refractivity contribution in [2.24, 2.45) is 0 Å². The molecule has 0 unspecified atom stereocenters. The predicted molar refractivity (Wildman–Crippen MR) is 127 cm³/mol. The first-order valence-electron chi connectivity index (χ1n) is 10.7. The molecule has 4 nitrogen and oxygen atoms in total.